The van der Waals surface area contributed by atoms with Crippen LogP contribution in [0.25, 0.3) is 0 Å². The molecule has 1 saturated heterocycles. The molecule has 3 nitrogen and oxygen atoms in total. The van der Waals surface area contributed by atoms with E-state index >= 15 is 0 Å². The molecule has 1 aliphatic heterocycles. The molecule has 1 aliphatic carbocycles. The van der Waals surface area contributed by atoms with E-state index < -0.39 is 5.97 Å². The standard InChI is InChI=1S/C10H17NO2/c1-10-5-3-2-4-8(10)11-7(6-10)9(12)13/h7-8,11H,2-6H2,1H3,(H,12,13)/t7-,8-,10-/m0/s1. The molecule has 0 bridgehead atoms. The van der Waals surface area contributed by atoms with E-state index in [0.717, 1.165) is 12.8 Å². The maximum atomic E-state index is 10.8. The summed E-state index contributed by atoms with van der Waals surface area (Å²) in [5.41, 5.74) is 0.251. The van der Waals surface area contributed by atoms with Crippen molar-refractivity contribution in [3.05, 3.63) is 0 Å². The molecule has 0 spiro atoms. The number of carboxylic acids is 1. The van der Waals surface area contributed by atoms with Crippen molar-refractivity contribution in [1.82, 2.24) is 5.32 Å². The van der Waals surface area contributed by atoms with E-state index in [4.69, 9.17) is 5.11 Å². The molecule has 1 heterocycles. The Labute approximate surface area is 78.5 Å². The molecule has 3 atom stereocenters. The molecule has 1 saturated carbocycles. The lowest BCUT2D eigenvalue weighted by Gasteiger charge is -2.35. The van der Waals surface area contributed by atoms with Gasteiger partial charge in [-0.3, -0.25) is 4.79 Å². The molecular formula is C10H17NO2. The van der Waals surface area contributed by atoms with Crippen LogP contribution in [-0.4, -0.2) is 23.2 Å². The van der Waals surface area contributed by atoms with E-state index in [-0.39, 0.29) is 11.5 Å². The monoisotopic (exact) mass is 183 g/mol. The normalized spacial score (nSPS) is 44.4. The van der Waals surface area contributed by atoms with Gasteiger partial charge < -0.3 is 10.4 Å². The second-order valence-electron chi connectivity index (χ2n) is 4.71. The Balaban J connectivity index is 2.10. The maximum Gasteiger partial charge on any atom is 0.320 e. The summed E-state index contributed by atoms with van der Waals surface area (Å²) < 4.78 is 0. The Kier molecular flexibility index (Phi) is 2.06. The van der Waals surface area contributed by atoms with Crippen LogP contribution in [0, 0.1) is 5.41 Å². The Bertz CT molecular complexity index is 229. The highest BCUT2D eigenvalue weighted by Gasteiger charge is 2.46. The first-order valence-electron chi connectivity index (χ1n) is 5.11. The average Bonchev–Trinajstić information content (AvgIpc) is 2.41. The molecule has 2 aliphatic rings. The van der Waals surface area contributed by atoms with Crippen molar-refractivity contribution in [1.29, 1.82) is 0 Å². The van der Waals surface area contributed by atoms with Gasteiger partial charge in [0.2, 0.25) is 0 Å². The van der Waals surface area contributed by atoms with E-state index in [2.05, 4.69) is 12.2 Å². The van der Waals surface area contributed by atoms with E-state index in [0.29, 0.717) is 6.04 Å². The van der Waals surface area contributed by atoms with Gasteiger partial charge in [0.25, 0.3) is 0 Å². The van der Waals surface area contributed by atoms with Crippen LogP contribution in [0.2, 0.25) is 0 Å². The molecule has 0 unspecified atom stereocenters. The van der Waals surface area contributed by atoms with Gasteiger partial charge in [0.15, 0.2) is 0 Å². The number of rotatable bonds is 1. The van der Waals surface area contributed by atoms with Crippen LogP contribution in [0.5, 0.6) is 0 Å². The Hall–Kier alpha value is -0.570. The summed E-state index contributed by atoms with van der Waals surface area (Å²) in [6, 6.07) is 0.149. The van der Waals surface area contributed by atoms with Crippen LogP contribution < -0.4 is 5.32 Å². The van der Waals surface area contributed by atoms with Crippen molar-refractivity contribution in [3.8, 4) is 0 Å². The third-order valence-corrected chi connectivity index (χ3v) is 3.70. The molecule has 0 aromatic rings. The lowest BCUT2D eigenvalue weighted by Crippen LogP contribution is -2.39. The van der Waals surface area contributed by atoms with Gasteiger partial charge in [0, 0.05) is 6.04 Å². The summed E-state index contributed by atoms with van der Waals surface area (Å²) in [6.45, 7) is 2.23. The fraction of sp³-hybridized carbons (Fsp3) is 0.900. The fourth-order valence-corrected chi connectivity index (χ4v) is 2.86. The lowest BCUT2D eigenvalue weighted by molar-refractivity contribution is -0.139. The third kappa shape index (κ3) is 1.46. The molecule has 2 N–H and O–H groups in total. The summed E-state index contributed by atoms with van der Waals surface area (Å²) in [6.07, 6.45) is 5.67. The van der Waals surface area contributed by atoms with Gasteiger partial charge in [-0.05, 0) is 24.7 Å². The zero-order valence-electron chi connectivity index (χ0n) is 8.05. The SMILES string of the molecule is C[C@@]12CCCC[C@@H]1N[C@H](C(=O)O)C2. The molecule has 3 heteroatoms. The topological polar surface area (TPSA) is 49.3 Å². The number of fused-ring (bicyclic) bond motifs is 1. The smallest absolute Gasteiger partial charge is 0.320 e. The van der Waals surface area contributed by atoms with Crippen LogP contribution in [0.15, 0.2) is 0 Å². The average molecular weight is 183 g/mol. The number of nitrogens with one attached hydrogen (secondary N) is 1. The van der Waals surface area contributed by atoms with Crippen molar-refractivity contribution in [2.75, 3.05) is 0 Å². The summed E-state index contributed by atoms with van der Waals surface area (Å²) in [5, 5.41) is 12.1. The van der Waals surface area contributed by atoms with Crippen molar-refractivity contribution in [3.63, 3.8) is 0 Å². The highest BCUT2D eigenvalue weighted by Crippen LogP contribution is 2.44. The van der Waals surface area contributed by atoms with Gasteiger partial charge in [0.1, 0.15) is 6.04 Å². The van der Waals surface area contributed by atoms with Gasteiger partial charge in [0.05, 0.1) is 0 Å². The number of hydrogen-bond donors (Lipinski definition) is 2. The van der Waals surface area contributed by atoms with E-state index in [1.165, 1.54) is 19.3 Å². The highest BCUT2D eigenvalue weighted by atomic mass is 16.4. The number of carboxylic acid groups (broad SMARTS) is 1. The number of aliphatic carboxylic acids is 1. The van der Waals surface area contributed by atoms with Crippen molar-refractivity contribution < 1.29 is 9.90 Å². The van der Waals surface area contributed by atoms with Crippen LogP contribution in [-0.2, 0) is 4.79 Å². The van der Waals surface area contributed by atoms with E-state index in [1.807, 2.05) is 0 Å². The molecule has 0 amide bonds. The van der Waals surface area contributed by atoms with E-state index in [1.54, 1.807) is 0 Å². The minimum absolute atomic E-state index is 0.251. The quantitative estimate of drug-likeness (QED) is 0.645. The summed E-state index contributed by atoms with van der Waals surface area (Å²) >= 11 is 0. The van der Waals surface area contributed by atoms with Gasteiger partial charge in [-0.2, -0.15) is 0 Å². The second-order valence-corrected chi connectivity index (χ2v) is 4.71. The van der Waals surface area contributed by atoms with Crippen molar-refractivity contribution in [2.24, 2.45) is 5.41 Å². The molecule has 74 valence electrons. The van der Waals surface area contributed by atoms with Gasteiger partial charge >= 0.3 is 5.97 Å². The highest BCUT2D eigenvalue weighted by molar-refractivity contribution is 5.74. The Morgan fingerprint density at radius 3 is 2.92 bits per heavy atom. The summed E-state index contributed by atoms with van der Waals surface area (Å²) in [7, 11) is 0. The molecule has 0 aromatic carbocycles. The Morgan fingerprint density at radius 1 is 1.54 bits per heavy atom. The third-order valence-electron chi connectivity index (χ3n) is 3.70. The fourth-order valence-electron chi connectivity index (χ4n) is 2.86. The first-order chi connectivity index (χ1) is 6.12. The van der Waals surface area contributed by atoms with Crippen molar-refractivity contribution >= 4 is 5.97 Å². The molecular weight excluding hydrogens is 166 g/mol. The minimum Gasteiger partial charge on any atom is -0.480 e. The summed E-state index contributed by atoms with van der Waals surface area (Å²) in [5.74, 6) is -0.685. The Morgan fingerprint density at radius 2 is 2.31 bits per heavy atom. The van der Waals surface area contributed by atoms with Gasteiger partial charge in [-0.1, -0.05) is 19.8 Å². The van der Waals surface area contributed by atoms with E-state index in [9.17, 15) is 4.79 Å². The van der Waals surface area contributed by atoms with Gasteiger partial charge in [-0.25, -0.2) is 0 Å². The largest absolute Gasteiger partial charge is 0.480 e. The molecule has 0 aromatic heterocycles. The number of hydrogen-bond acceptors (Lipinski definition) is 2. The van der Waals surface area contributed by atoms with Crippen molar-refractivity contribution in [2.45, 2.75) is 51.1 Å². The summed E-state index contributed by atoms with van der Waals surface area (Å²) in [4.78, 5) is 10.8. The minimum atomic E-state index is -0.685. The first kappa shape index (κ1) is 9.00. The van der Waals surface area contributed by atoms with Crippen LogP contribution >= 0.6 is 0 Å². The van der Waals surface area contributed by atoms with Crippen LogP contribution in [0.3, 0.4) is 0 Å². The zero-order chi connectivity index (χ0) is 9.47. The van der Waals surface area contributed by atoms with Crippen LogP contribution in [0.4, 0.5) is 0 Å². The molecule has 2 rings (SSSR count). The predicted molar refractivity (Wildman–Crippen MR) is 49.5 cm³/mol. The molecule has 0 radical (unpaired) electrons. The van der Waals surface area contributed by atoms with Gasteiger partial charge in [-0.15, -0.1) is 0 Å². The zero-order valence-corrected chi connectivity index (χ0v) is 8.05. The second kappa shape index (κ2) is 2.98. The first-order valence-corrected chi connectivity index (χ1v) is 5.11. The van der Waals surface area contributed by atoms with Crippen LogP contribution in [0.1, 0.15) is 39.0 Å². The lowest BCUT2D eigenvalue weighted by atomic mass is 9.72. The molecule has 2 fully saturated rings. The predicted octanol–water partition coefficient (Wildman–Crippen LogP) is 1.38. The number of carbonyl (C=O) groups is 1. The molecule has 13 heavy (non-hydrogen) atoms. The maximum absolute atomic E-state index is 10.8.